The van der Waals surface area contributed by atoms with Crippen LogP contribution in [0.15, 0.2) is 48.5 Å². The molecule has 0 spiro atoms. The molecule has 0 saturated heterocycles. The van der Waals surface area contributed by atoms with Gasteiger partial charge in [0.25, 0.3) is 0 Å². The van der Waals surface area contributed by atoms with Crippen molar-refractivity contribution in [2.24, 2.45) is 0 Å². The van der Waals surface area contributed by atoms with Crippen molar-refractivity contribution in [2.75, 3.05) is 6.61 Å². The number of ether oxygens (including phenoxy) is 1. The number of hydrogen-bond donors (Lipinski definition) is 0. The van der Waals surface area contributed by atoms with Gasteiger partial charge < -0.3 is 9.30 Å². The highest BCUT2D eigenvalue weighted by molar-refractivity contribution is 7.18. The smallest absolute Gasteiger partial charge is 0.340 e. The Hall–Kier alpha value is -2.37. The van der Waals surface area contributed by atoms with Crippen LogP contribution in [0, 0.1) is 13.8 Å². The Morgan fingerprint density at radius 2 is 1.84 bits per heavy atom. The second-order valence-electron chi connectivity index (χ2n) is 5.56. The number of thiophene rings is 1. The fraction of sp³-hybridized carbons (Fsp3) is 0.158. The Kier molecular flexibility index (Phi) is 5.06. The van der Waals surface area contributed by atoms with Crippen LogP contribution in [0.25, 0.3) is 5.69 Å². The van der Waals surface area contributed by atoms with Crippen LogP contribution in [0.3, 0.4) is 0 Å². The molecule has 0 radical (unpaired) electrons. The summed E-state index contributed by atoms with van der Waals surface area (Å²) in [5, 5.41) is 0. The summed E-state index contributed by atoms with van der Waals surface area (Å²) in [5.41, 5.74) is 3.13. The average Bonchev–Trinajstić information content (AvgIpc) is 3.16. The third-order valence-electron chi connectivity index (χ3n) is 3.85. The third-order valence-corrected chi connectivity index (χ3v) is 5.12. The summed E-state index contributed by atoms with van der Waals surface area (Å²) in [7, 11) is 0. The predicted octanol–water partition coefficient (Wildman–Crippen LogP) is 4.85. The van der Waals surface area contributed by atoms with Crippen LogP contribution in [0.2, 0.25) is 4.34 Å². The zero-order chi connectivity index (χ0) is 18.0. The summed E-state index contributed by atoms with van der Waals surface area (Å²) in [6.07, 6.45) is 0. The van der Waals surface area contributed by atoms with Gasteiger partial charge in [0, 0.05) is 17.1 Å². The lowest BCUT2D eigenvalue weighted by Gasteiger charge is -2.09. The molecule has 3 rings (SSSR count). The van der Waals surface area contributed by atoms with Crippen LogP contribution in [0.1, 0.15) is 31.4 Å². The summed E-state index contributed by atoms with van der Waals surface area (Å²) in [5.74, 6) is -0.770. The number of carbonyl (C=O) groups is 2. The highest BCUT2D eigenvalue weighted by Gasteiger charge is 2.19. The second kappa shape index (κ2) is 7.25. The van der Waals surface area contributed by atoms with Gasteiger partial charge in [0.15, 0.2) is 6.61 Å². The first-order chi connectivity index (χ1) is 12.0. The van der Waals surface area contributed by atoms with Gasteiger partial charge in [0.1, 0.15) is 0 Å². The van der Waals surface area contributed by atoms with Crippen molar-refractivity contribution in [1.29, 1.82) is 0 Å². The van der Waals surface area contributed by atoms with Gasteiger partial charge >= 0.3 is 5.97 Å². The Morgan fingerprint density at radius 3 is 2.48 bits per heavy atom. The zero-order valence-corrected chi connectivity index (χ0v) is 15.4. The van der Waals surface area contributed by atoms with Crippen LogP contribution < -0.4 is 0 Å². The fourth-order valence-corrected chi connectivity index (χ4v) is 3.66. The lowest BCUT2D eigenvalue weighted by atomic mass is 10.2. The second-order valence-corrected chi connectivity index (χ2v) is 7.27. The molecule has 128 valence electrons. The molecule has 0 N–H and O–H groups in total. The van der Waals surface area contributed by atoms with Crippen molar-refractivity contribution in [3.05, 3.63) is 74.7 Å². The summed E-state index contributed by atoms with van der Waals surface area (Å²) in [4.78, 5) is 24.9. The van der Waals surface area contributed by atoms with Gasteiger partial charge in [0.2, 0.25) is 5.78 Å². The number of aryl methyl sites for hydroxylation is 1. The van der Waals surface area contributed by atoms with E-state index in [9.17, 15) is 9.59 Å². The van der Waals surface area contributed by atoms with Gasteiger partial charge in [-0.15, -0.1) is 11.3 Å². The number of aromatic nitrogens is 1. The lowest BCUT2D eigenvalue weighted by molar-refractivity contribution is 0.0475. The first-order valence-electron chi connectivity index (χ1n) is 7.67. The highest BCUT2D eigenvalue weighted by atomic mass is 35.5. The Morgan fingerprint density at radius 1 is 1.12 bits per heavy atom. The molecule has 0 amide bonds. The van der Waals surface area contributed by atoms with Gasteiger partial charge in [-0.2, -0.15) is 0 Å². The highest BCUT2D eigenvalue weighted by Crippen LogP contribution is 2.23. The van der Waals surface area contributed by atoms with E-state index >= 15 is 0 Å². The molecule has 0 aliphatic carbocycles. The SMILES string of the molecule is Cc1cc(C(=O)OCC(=O)c2ccc(Cl)s2)c(C)n1-c1ccccc1. The Labute approximate surface area is 154 Å². The molecule has 2 aromatic heterocycles. The summed E-state index contributed by atoms with van der Waals surface area (Å²) < 4.78 is 7.71. The molecular formula is C19H16ClNO3S. The molecule has 0 fully saturated rings. The number of benzene rings is 1. The van der Waals surface area contributed by atoms with E-state index < -0.39 is 5.97 Å². The number of nitrogens with zero attached hydrogens (tertiary/aromatic N) is 1. The molecule has 0 unspecified atom stereocenters. The van der Waals surface area contributed by atoms with Crippen LogP contribution >= 0.6 is 22.9 Å². The maximum atomic E-state index is 12.4. The van der Waals surface area contributed by atoms with Crippen molar-refractivity contribution in [3.8, 4) is 5.69 Å². The summed E-state index contributed by atoms with van der Waals surface area (Å²) >= 11 is 6.99. The number of para-hydroxylation sites is 1. The molecule has 0 bridgehead atoms. The number of rotatable bonds is 5. The van der Waals surface area contributed by atoms with Gasteiger partial charge in [0.05, 0.1) is 14.8 Å². The first-order valence-corrected chi connectivity index (χ1v) is 8.87. The molecule has 6 heteroatoms. The van der Waals surface area contributed by atoms with E-state index in [2.05, 4.69) is 0 Å². The molecule has 0 saturated carbocycles. The molecule has 1 aromatic carbocycles. The van der Waals surface area contributed by atoms with E-state index in [0.29, 0.717) is 14.8 Å². The van der Waals surface area contributed by atoms with E-state index in [0.717, 1.165) is 17.1 Å². The van der Waals surface area contributed by atoms with E-state index in [1.165, 1.54) is 11.3 Å². The minimum Gasteiger partial charge on any atom is -0.454 e. The number of Topliss-reactive ketones (excluding diaryl/α,β-unsaturated/α-hetero) is 1. The van der Waals surface area contributed by atoms with E-state index in [1.807, 2.05) is 48.7 Å². The molecule has 25 heavy (non-hydrogen) atoms. The maximum Gasteiger partial charge on any atom is 0.340 e. The first kappa shape index (κ1) is 17.5. The van der Waals surface area contributed by atoms with Gasteiger partial charge in [-0.3, -0.25) is 4.79 Å². The van der Waals surface area contributed by atoms with E-state index in [-0.39, 0.29) is 12.4 Å². The predicted molar refractivity (Wildman–Crippen MR) is 99.2 cm³/mol. The molecule has 3 aromatic rings. The normalized spacial score (nSPS) is 10.7. The minimum atomic E-state index is -0.508. The quantitative estimate of drug-likeness (QED) is 0.474. The van der Waals surface area contributed by atoms with Crippen molar-refractivity contribution < 1.29 is 14.3 Å². The maximum absolute atomic E-state index is 12.4. The largest absolute Gasteiger partial charge is 0.454 e. The molecular weight excluding hydrogens is 358 g/mol. The van der Waals surface area contributed by atoms with Crippen LogP contribution in [-0.2, 0) is 4.74 Å². The van der Waals surface area contributed by atoms with Gasteiger partial charge in [-0.1, -0.05) is 29.8 Å². The number of esters is 1. The van der Waals surface area contributed by atoms with E-state index in [4.69, 9.17) is 16.3 Å². The number of ketones is 1. The lowest BCUT2D eigenvalue weighted by Crippen LogP contribution is -2.14. The number of carbonyl (C=O) groups excluding carboxylic acids is 2. The molecule has 0 aliphatic heterocycles. The Bertz CT molecular complexity index is 928. The summed E-state index contributed by atoms with van der Waals surface area (Å²) in [6.45, 7) is 3.48. The topological polar surface area (TPSA) is 48.3 Å². The fourth-order valence-electron chi connectivity index (χ4n) is 2.69. The molecule has 4 nitrogen and oxygen atoms in total. The van der Waals surface area contributed by atoms with Crippen molar-refractivity contribution >= 4 is 34.7 Å². The minimum absolute atomic E-state index is 0.262. The van der Waals surface area contributed by atoms with Crippen molar-refractivity contribution in [1.82, 2.24) is 4.57 Å². The molecule has 0 aliphatic rings. The van der Waals surface area contributed by atoms with Gasteiger partial charge in [-0.25, -0.2) is 4.79 Å². The van der Waals surface area contributed by atoms with Crippen LogP contribution in [0.4, 0.5) is 0 Å². The Balaban J connectivity index is 1.76. The van der Waals surface area contributed by atoms with Gasteiger partial charge in [-0.05, 0) is 44.2 Å². The monoisotopic (exact) mass is 373 g/mol. The van der Waals surface area contributed by atoms with Crippen LogP contribution in [-0.4, -0.2) is 22.9 Å². The standard InChI is InChI=1S/C19H16ClNO3S/c1-12-10-15(13(2)21(12)14-6-4-3-5-7-14)19(23)24-11-16(22)17-8-9-18(20)25-17/h3-10H,11H2,1-2H3. The van der Waals surface area contributed by atoms with Crippen molar-refractivity contribution in [2.45, 2.75) is 13.8 Å². The molecule has 2 heterocycles. The van der Waals surface area contributed by atoms with Crippen molar-refractivity contribution in [3.63, 3.8) is 0 Å². The van der Waals surface area contributed by atoms with Crippen LogP contribution in [0.5, 0.6) is 0 Å². The molecule has 0 atom stereocenters. The van der Waals surface area contributed by atoms with E-state index in [1.54, 1.807) is 18.2 Å². The zero-order valence-electron chi connectivity index (χ0n) is 13.8. The summed E-state index contributed by atoms with van der Waals surface area (Å²) in [6, 6.07) is 14.8. The average molecular weight is 374 g/mol. The number of halogens is 1. The third kappa shape index (κ3) is 3.67. The number of hydrogen-bond acceptors (Lipinski definition) is 4.